The molecule has 3 heteroatoms. The van der Waals surface area contributed by atoms with Crippen LogP contribution in [0, 0.1) is 5.41 Å². The van der Waals surface area contributed by atoms with Gasteiger partial charge in [-0.25, -0.2) is 0 Å². The highest BCUT2D eigenvalue weighted by molar-refractivity contribution is 5.18. The Hall–Kier alpha value is -0.900. The molecule has 1 saturated heterocycles. The van der Waals surface area contributed by atoms with Crippen LogP contribution in [0.4, 0.5) is 0 Å². The molecule has 3 nitrogen and oxygen atoms in total. The molecule has 1 aromatic rings. The van der Waals surface area contributed by atoms with Gasteiger partial charge < -0.3 is 14.6 Å². The molecule has 82 valence electrons. The molecule has 0 spiro atoms. The average molecular weight is 208 g/mol. The van der Waals surface area contributed by atoms with Crippen molar-refractivity contribution in [3.63, 3.8) is 0 Å². The van der Waals surface area contributed by atoms with E-state index in [-0.39, 0.29) is 5.41 Å². The van der Waals surface area contributed by atoms with E-state index in [1.54, 1.807) is 12.1 Å². The zero-order chi connectivity index (χ0) is 10.9. The highest BCUT2D eigenvalue weighted by atomic mass is 16.8. The quantitative estimate of drug-likeness (QED) is 0.765. The third-order valence-corrected chi connectivity index (χ3v) is 2.46. The lowest BCUT2D eigenvalue weighted by Crippen LogP contribution is -2.45. The highest BCUT2D eigenvalue weighted by Crippen LogP contribution is 2.33. The van der Waals surface area contributed by atoms with Gasteiger partial charge in [0.1, 0.15) is 0 Å². The summed E-state index contributed by atoms with van der Waals surface area (Å²) in [5, 5.41) is 10.1. The van der Waals surface area contributed by atoms with Gasteiger partial charge in [0.2, 0.25) is 0 Å². The van der Waals surface area contributed by atoms with Crippen molar-refractivity contribution in [3.8, 4) is 0 Å². The molecule has 0 aromatic heterocycles. The summed E-state index contributed by atoms with van der Waals surface area (Å²) in [7, 11) is 0. The van der Waals surface area contributed by atoms with Gasteiger partial charge in [-0.15, -0.1) is 0 Å². The maximum atomic E-state index is 10.1. The largest absolute Gasteiger partial charge is 0.339 e. The molecule has 1 aliphatic heterocycles. The summed E-state index contributed by atoms with van der Waals surface area (Å²) in [5.41, 5.74) is 0.599. The lowest BCUT2D eigenvalue weighted by Gasteiger charge is -2.39. The standard InChI is InChI=1S/C12H16O3/c1-11(2)8-14-12(13,15-9-11)10-6-4-3-5-7-10/h3-7,13H,8-9H2,1-2H3. The van der Waals surface area contributed by atoms with Crippen LogP contribution in [0.15, 0.2) is 30.3 Å². The number of hydrogen-bond acceptors (Lipinski definition) is 3. The molecule has 0 aliphatic carbocycles. The van der Waals surface area contributed by atoms with Gasteiger partial charge in [-0.3, -0.25) is 0 Å². The number of ether oxygens (including phenoxy) is 2. The molecule has 1 heterocycles. The molecule has 0 radical (unpaired) electrons. The van der Waals surface area contributed by atoms with E-state index in [0.29, 0.717) is 18.8 Å². The molecule has 1 N–H and O–H groups in total. The van der Waals surface area contributed by atoms with Crippen molar-refractivity contribution < 1.29 is 14.6 Å². The van der Waals surface area contributed by atoms with Crippen molar-refractivity contribution >= 4 is 0 Å². The Labute approximate surface area is 89.6 Å². The van der Waals surface area contributed by atoms with E-state index < -0.39 is 5.97 Å². The second kappa shape index (κ2) is 3.59. The third-order valence-electron chi connectivity index (χ3n) is 2.46. The zero-order valence-corrected chi connectivity index (χ0v) is 9.06. The first kappa shape index (κ1) is 10.6. The maximum Gasteiger partial charge on any atom is 0.309 e. The van der Waals surface area contributed by atoms with E-state index in [1.165, 1.54) is 0 Å². The van der Waals surface area contributed by atoms with Gasteiger partial charge in [-0.1, -0.05) is 44.2 Å². The Morgan fingerprint density at radius 1 is 1.07 bits per heavy atom. The number of hydrogen-bond donors (Lipinski definition) is 1. The molecule has 0 bridgehead atoms. The topological polar surface area (TPSA) is 38.7 Å². The Balaban J connectivity index is 2.17. The fourth-order valence-corrected chi connectivity index (χ4v) is 1.49. The summed E-state index contributed by atoms with van der Waals surface area (Å²) < 4.78 is 10.8. The molecular formula is C12H16O3. The summed E-state index contributed by atoms with van der Waals surface area (Å²) >= 11 is 0. The van der Waals surface area contributed by atoms with E-state index in [9.17, 15) is 5.11 Å². The highest BCUT2D eigenvalue weighted by Gasteiger charge is 2.40. The first-order chi connectivity index (χ1) is 7.02. The first-order valence-corrected chi connectivity index (χ1v) is 5.08. The lowest BCUT2D eigenvalue weighted by atomic mass is 9.95. The molecule has 0 unspecified atom stereocenters. The zero-order valence-electron chi connectivity index (χ0n) is 9.06. The molecule has 15 heavy (non-hydrogen) atoms. The van der Waals surface area contributed by atoms with Crippen molar-refractivity contribution in [1.29, 1.82) is 0 Å². The molecule has 1 aromatic carbocycles. The number of rotatable bonds is 1. The van der Waals surface area contributed by atoms with Crippen molar-refractivity contribution in [2.24, 2.45) is 5.41 Å². The molecule has 0 amide bonds. The third kappa shape index (κ3) is 2.20. The molecule has 0 atom stereocenters. The van der Waals surface area contributed by atoms with Crippen LogP contribution < -0.4 is 0 Å². The second-order valence-corrected chi connectivity index (χ2v) is 4.69. The van der Waals surface area contributed by atoms with E-state index in [0.717, 1.165) is 0 Å². The van der Waals surface area contributed by atoms with Gasteiger partial charge in [0.15, 0.2) is 0 Å². The fourth-order valence-electron chi connectivity index (χ4n) is 1.49. The summed E-state index contributed by atoms with van der Waals surface area (Å²) in [6.07, 6.45) is 0. The van der Waals surface area contributed by atoms with Gasteiger partial charge >= 0.3 is 5.97 Å². The Kier molecular flexibility index (Phi) is 2.54. The van der Waals surface area contributed by atoms with Crippen LogP contribution in [0.1, 0.15) is 19.4 Å². The van der Waals surface area contributed by atoms with Gasteiger partial charge in [-0.05, 0) is 0 Å². The van der Waals surface area contributed by atoms with Gasteiger partial charge in [0.05, 0.1) is 13.2 Å². The van der Waals surface area contributed by atoms with Crippen molar-refractivity contribution in [2.45, 2.75) is 19.8 Å². The van der Waals surface area contributed by atoms with Gasteiger partial charge in [0, 0.05) is 11.0 Å². The summed E-state index contributed by atoms with van der Waals surface area (Å²) in [4.78, 5) is 0. The monoisotopic (exact) mass is 208 g/mol. The molecular weight excluding hydrogens is 192 g/mol. The fraction of sp³-hybridized carbons (Fsp3) is 0.500. The minimum atomic E-state index is -1.57. The Morgan fingerprint density at radius 2 is 1.60 bits per heavy atom. The summed E-state index contributed by atoms with van der Waals surface area (Å²) in [5.74, 6) is -1.57. The van der Waals surface area contributed by atoms with Gasteiger partial charge in [-0.2, -0.15) is 0 Å². The predicted molar refractivity (Wildman–Crippen MR) is 56.0 cm³/mol. The van der Waals surface area contributed by atoms with Crippen LogP contribution in [0.2, 0.25) is 0 Å². The van der Waals surface area contributed by atoms with E-state index in [2.05, 4.69) is 0 Å². The second-order valence-electron chi connectivity index (χ2n) is 4.69. The van der Waals surface area contributed by atoms with Crippen molar-refractivity contribution in [2.75, 3.05) is 13.2 Å². The van der Waals surface area contributed by atoms with Crippen LogP contribution in [0.5, 0.6) is 0 Å². The normalized spacial score (nSPS) is 23.7. The Morgan fingerprint density at radius 3 is 2.13 bits per heavy atom. The smallest absolute Gasteiger partial charge is 0.309 e. The molecule has 0 saturated carbocycles. The maximum absolute atomic E-state index is 10.1. The lowest BCUT2D eigenvalue weighted by molar-refractivity contribution is -0.412. The minimum Gasteiger partial charge on any atom is -0.339 e. The van der Waals surface area contributed by atoms with Crippen molar-refractivity contribution in [1.82, 2.24) is 0 Å². The van der Waals surface area contributed by atoms with Crippen LogP contribution in [-0.4, -0.2) is 18.3 Å². The van der Waals surface area contributed by atoms with Crippen LogP contribution in [-0.2, 0) is 15.4 Å². The average Bonchev–Trinajstić information content (AvgIpc) is 2.24. The predicted octanol–water partition coefficient (Wildman–Crippen LogP) is 1.86. The number of aliphatic hydroxyl groups is 1. The molecule has 1 fully saturated rings. The SMILES string of the molecule is CC1(C)COC(O)(c2ccccc2)OC1. The van der Waals surface area contributed by atoms with Crippen LogP contribution >= 0.6 is 0 Å². The summed E-state index contributed by atoms with van der Waals surface area (Å²) in [6.45, 7) is 5.05. The molecule has 2 rings (SSSR count). The van der Waals surface area contributed by atoms with Crippen LogP contribution in [0.3, 0.4) is 0 Å². The minimum absolute atomic E-state index is 0.0407. The first-order valence-electron chi connectivity index (χ1n) is 5.08. The number of benzene rings is 1. The Bertz CT molecular complexity index is 322. The molecule has 1 aliphatic rings. The summed E-state index contributed by atoms with van der Waals surface area (Å²) in [6, 6.07) is 9.16. The van der Waals surface area contributed by atoms with E-state index >= 15 is 0 Å². The van der Waals surface area contributed by atoms with Crippen molar-refractivity contribution in [3.05, 3.63) is 35.9 Å². The van der Waals surface area contributed by atoms with Crippen LogP contribution in [0.25, 0.3) is 0 Å². The van der Waals surface area contributed by atoms with E-state index in [1.807, 2.05) is 32.0 Å². The van der Waals surface area contributed by atoms with E-state index in [4.69, 9.17) is 9.47 Å². The van der Waals surface area contributed by atoms with Gasteiger partial charge in [0.25, 0.3) is 0 Å².